The highest BCUT2D eigenvalue weighted by Gasteiger charge is 2.16. The highest BCUT2D eigenvalue weighted by atomic mass is 32.1. The van der Waals surface area contributed by atoms with Crippen molar-refractivity contribution in [1.82, 2.24) is 10.3 Å². The van der Waals surface area contributed by atoms with E-state index in [2.05, 4.69) is 22.4 Å². The lowest BCUT2D eigenvalue weighted by Gasteiger charge is -2.22. The quantitative estimate of drug-likeness (QED) is 0.519. The van der Waals surface area contributed by atoms with Gasteiger partial charge in [-0.05, 0) is 43.1 Å². The number of benzene rings is 1. The number of aromatic nitrogens is 1. The predicted octanol–water partition coefficient (Wildman–Crippen LogP) is 2.90. The number of nitrogens with one attached hydrogen (secondary N) is 1. The van der Waals surface area contributed by atoms with E-state index in [1.54, 1.807) is 0 Å². The molecular formula is C17H19N3S. The SMILES string of the molecule is Nc1cccc(C(=S)c2ccc(C3CCCNC3)nc2)c1. The third-order valence-electron chi connectivity index (χ3n) is 3.91. The Morgan fingerprint density at radius 1 is 1.24 bits per heavy atom. The highest BCUT2D eigenvalue weighted by molar-refractivity contribution is 7.81. The van der Waals surface area contributed by atoms with Crippen molar-refractivity contribution in [1.29, 1.82) is 0 Å². The molecular weight excluding hydrogens is 278 g/mol. The lowest BCUT2D eigenvalue weighted by Crippen LogP contribution is -2.28. The van der Waals surface area contributed by atoms with Gasteiger partial charge in [0.2, 0.25) is 0 Å². The average molecular weight is 297 g/mol. The Labute approximate surface area is 130 Å². The van der Waals surface area contributed by atoms with Gasteiger partial charge in [-0.2, -0.15) is 0 Å². The molecule has 0 radical (unpaired) electrons. The molecule has 0 bridgehead atoms. The Hall–Kier alpha value is -1.78. The van der Waals surface area contributed by atoms with Crippen molar-refractivity contribution in [2.45, 2.75) is 18.8 Å². The maximum absolute atomic E-state index is 5.81. The standard InChI is InChI=1S/C17H19N3S/c18-15-5-1-3-12(9-15)17(21)14-6-7-16(20-11-14)13-4-2-8-19-10-13/h1,3,5-7,9,11,13,19H,2,4,8,10,18H2. The van der Waals surface area contributed by atoms with Gasteiger partial charge in [0, 0.05) is 35.6 Å². The van der Waals surface area contributed by atoms with Crippen LogP contribution in [0.25, 0.3) is 0 Å². The van der Waals surface area contributed by atoms with E-state index in [4.69, 9.17) is 18.0 Å². The van der Waals surface area contributed by atoms with Crippen LogP contribution in [0.3, 0.4) is 0 Å². The maximum atomic E-state index is 5.81. The van der Waals surface area contributed by atoms with Gasteiger partial charge in [-0.1, -0.05) is 30.4 Å². The number of hydrogen-bond acceptors (Lipinski definition) is 4. The molecule has 1 atom stereocenters. The fourth-order valence-electron chi connectivity index (χ4n) is 2.73. The monoisotopic (exact) mass is 297 g/mol. The minimum Gasteiger partial charge on any atom is -0.399 e. The molecule has 21 heavy (non-hydrogen) atoms. The van der Waals surface area contributed by atoms with E-state index in [9.17, 15) is 0 Å². The summed E-state index contributed by atoms with van der Waals surface area (Å²) in [5.74, 6) is 0.522. The molecule has 1 aliphatic heterocycles. The van der Waals surface area contributed by atoms with Crippen molar-refractivity contribution >= 4 is 22.8 Å². The molecule has 1 unspecified atom stereocenters. The van der Waals surface area contributed by atoms with E-state index < -0.39 is 0 Å². The molecule has 0 amide bonds. The number of nitrogens with two attached hydrogens (primary N) is 1. The van der Waals surface area contributed by atoms with Crippen molar-refractivity contribution in [2.75, 3.05) is 18.8 Å². The molecule has 3 rings (SSSR count). The summed E-state index contributed by atoms with van der Waals surface area (Å²) in [6.07, 6.45) is 4.31. The van der Waals surface area contributed by atoms with Gasteiger partial charge in [-0.25, -0.2) is 0 Å². The van der Waals surface area contributed by atoms with E-state index in [1.807, 2.05) is 30.5 Å². The molecule has 1 aliphatic rings. The summed E-state index contributed by atoms with van der Waals surface area (Å²) in [5.41, 5.74) is 9.64. The molecule has 0 spiro atoms. The summed E-state index contributed by atoms with van der Waals surface area (Å²) in [5, 5.41) is 3.42. The molecule has 2 aromatic rings. The Morgan fingerprint density at radius 2 is 2.14 bits per heavy atom. The first kappa shape index (κ1) is 14.2. The van der Waals surface area contributed by atoms with Crippen LogP contribution in [-0.2, 0) is 0 Å². The normalized spacial score (nSPS) is 18.4. The lowest BCUT2D eigenvalue weighted by molar-refractivity contribution is 0.454. The number of thiocarbonyl (C=S) groups is 1. The fourth-order valence-corrected chi connectivity index (χ4v) is 2.98. The van der Waals surface area contributed by atoms with E-state index in [1.165, 1.54) is 12.8 Å². The van der Waals surface area contributed by atoms with Gasteiger partial charge in [0.05, 0.1) is 4.86 Å². The molecule has 1 fully saturated rings. The van der Waals surface area contributed by atoms with Gasteiger partial charge in [-0.15, -0.1) is 0 Å². The molecule has 1 aromatic heterocycles. The van der Waals surface area contributed by atoms with Gasteiger partial charge < -0.3 is 11.1 Å². The van der Waals surface area contributed by atoms with Crippen molar-refractivity contribution in [3.8, 4) is 0 Å². The summed E-state index contributed by atoms with van der Waals surface area (Å²) in [6.45, 7) is 2.14. The van der Waals surface area contributed by atoms with Crippen molar-refractivity contribution < 1.29 is 0 Å². The van der Waals surface area contributed by atoms with Crippen molar-refractivity contribution in [2.24, 2.45) is 0 Å². The molecule has 3 nitrogen and oxygen atoms in total. The number of pyridine rings is 1. The first-order valence-corrected chi connectivity index (χ1v) is 7.72. The van der Waals surface area contributed by atoms with E-state index in [-0.39, 0.29) is 0 Å². The first-order valence-electron chi connectivity index (χ1n) is 7.31. The van der Waals surface area contributed by atoms with Crippen LogP contribution in [0.4, 0.5) is 5.69 Å². The van der Waals surface area contributed by atoms with Crippen molar-refractivity contribution in [3.63, 3.8) is 0 Å². The minimum absolute atomic E-state index is 0.522. The average Bonchev–Trinajstić information content (AvgIpc) is 2.55. The van der Waals surface area contributed by atoms with Crippen LogP contribution in [0.15, 0.2) is 42.6 Å². The van der Waals surface area contributed by atoms with Crippen LogP contribution < -0.4 is 11.1 Å². The zero-order valence-electron chi connectivity index (χ0n) is 11.9. The van der Waals surface area contributed by atoms with Gasteiger partial charge in [-0.3, -0.25) is 4.98 Å². The summed E-state index contributed by atoms with van der Waals surface area (Å²) in [6, 6.07) is 11.9. The Kier molecular flexibility index (Phi) is 4.27. The van der Waals surface area contributed by atoms with Crippen LogP contribution in [0.2, 0.25) is 0 Å². The molecule has 4 heteroatoms. The van der Waals surface area contributed by atoms with E-state index in [0.29, 0.717) is 5.92 Å². The minimum atomic E-state index is 0.522. The Balaban J connectivity index is 1.78. The van der Waals surface area contributed by atoms with Crippen LogP contribution in [0.1, 0.15) is 35.6 Å². The summed E-state index contributed by atoms with van der Waals surface area (Å²) >= 11 is 5.54. The number of nitrogen functional groups attached to an aromatic ring is 1. The summed E-state index contributed by atoms with van der Waals surface area (Å²) in [7, 11) is 0. The van der Waals surface area contributed by atoms with Crippen molar-refractivity contribution in [3.05, 3.63) is 59.4 Å². The first-order chi connectivity index (χ1) is 10.2. The number of anilines is 1. The van der Waals surface area contributed by atoms with Gasteiger partial charge >= 0.3 is 0 Å². The van der Waals surface area contributed by atoms with Gasteiger partial charge in [0.1, 0.15) is 0 Å². The second-order valence-corrected chi connectivity index (χ2v) is 5.88. The number of hydrogen-bond donors (Lipinski definition) is 2. The fraction of sp³-hybridized carbons (Fsp3) is 0.294. The second-order valence-electron chi connectivity index (χ2n) is 5.47. The third-order valence-corrected chi connectivity index (χ3v) is 4.38. The maximum Gasteiger partial charge on any atom is 0.0538 e. The summed E-state index contributed by atoms with van der Waals surface area (Å²) < 4.78 is 0. The van der Waals surface area contributed by atoms with E-state index >= 15 is 0 Å². The number of nitrogens with zero attached hydrogens (tertiary/aromatic N) is 1. The predicted molar refractivity (Wildman–Crippen MR) is 90.7 cm³/mol. The Bertz CT molecular complexity index is 631. The Morgan fingerprint density at radius 3 is 2.81 bits per heavy atom. The lowest BCUT2D eigenvalue weighted by atomic mass is 9.95. The van der Waals surface area contributed by atoms with Gasteiger partial charge in [0.15, 0.2) is 0 Å². The van der Waals surface area contributed by atoms with E-state index in [0.717, 1.165) is 40.5 Å². The molecule has 1 saturated heterocycles. The van der Waals surface area contributed by atoms with Crippen LogP contribution in [-0.4, -0.2) is 22.9 Å². The zero-order valence-corrected chi connectivity index (χ0v) is 12.7. The number of rotatable bonds is 3. The molecule has 0 aliphatic carbocycles. The van der Waals surface area contributed by atoms with Crippen LogP contribution >= 0.6 is 12.2 Å². The summed E-state index contributed by atoms with van der Waals surface area (Å²) in [4.78, 5) is 5.41. The van der Waals surface area contributed by atoms with Gasteiger partial charge in [0.25, 0.3) is 0 Å². The third kappa shape index (κ3) is 3.28. The topological polar surface area (TPSA) is 50.9 Å². The van der Waals surface area contributed by atoms with Crippen LogP contribution in [0, 0.1) is 0 Å². The second kappa shape index (κ2) is 6.33. The zero-order chi connectivity index (χ0) is 14.7. The molecule has 2 heterocycles. The molecule has 108 valence electrons. The largest absolute Gasteiger partial charge is 0.399 e. The van der Waals surface area contributed by atoms with Crippen LogP contribution in [0.5, 0.6) is 0 Å². The molecule has 0 saturated carbocycles. The smallest absolute Gasteiger partial charge is 0.0538 e. The molecule has 1 aromatic carbocycles. The highest BCUT2D eigenvalue weighted by Crippen LogP contribution is 2.22. The number of piperidine rings is 1. The molecule has 3 N–H and O–H groups in total.